The zero-order chi connectivity index (χ0) is 25.1. The van der Waals surface area contributed by atoms with Crippen LogP contribution in [0.25, 0.3) is 10.8 Å². The molecular weight excluding hydrogens is 456 g/mol. The van der Waals surface area contributed by atoms with Crippen LogP contribution in [0.5, 0.6) is 23.0 Å². The zero-order valence-corrected chi connectivity index (χ0v) is 21.8. The Morgan fingerprint density at radius 3 is 1.97 bits per heavy atom. The van der Waals surface area contributed by atoms with Gasteiger partial charge >= 0.3 is 11.9 Å². The summed E-state index contributed by atoms with van der Waals surface area (Å²) >= 11 is 6.31. The fraction of sp³-hybridized carbons (Fsp3) is 0.556. The van der Waals surface area contributed by atoms with Gasteiger partial charge in [0.05, 0.1) is 19.1 Å². The number of hydrogen-bond acceptors (Lipinski definition) is 6. The van der Waals surface area contributed by atoms with Crippen molar-refractivity contribution < 1.29 is 28.5 Å². The van der Waals surface area contributed by atoms with Crippen LogP contribution >= 0.6 is 11.6 Å². The van der Waals surface area contributed by atoms with Crippen molar-refractivity contribution in [1.82, 2.24) is 0 Å². The van der Waals surface area contributed by atoms with Crippen LogP contribution < -0.4 is 18.9 Å². The van der Waals surface area contributed by atoms with Gasteiger partial charge in [0.15, 0.2) is 11.5 Å². The Bertz CT molecular complexity index is 969. The van der Waals surface area contributed by atoms with E-state index in [0.717, 1.165) is 38.5 Å². The molecule has 0 N–H and O–H groups in total. The molecule has 0 fully saturated rings. The van der Waals surface area contributed by atoms with Crippen molar-refractivity contribution >= 4 is 34.3 Å². The van der Waals surface area contributed by atoms with Gasteiger partial charge in [-0.15, -0.1) is 0 Å². The standard InChI is InChI=1S/C27H37ClO6/c1-6-9-10-11-12-22(29)33-24-21-17-19(28)13-14-20(21)23(34-27(30)18(4)5)25(31-15-7-2)26(24)32-16-8-3/h13-14,17-18H,6-12,15-16H2,1-5H3. The summed E-state index contributed by atoms with van der Waals surface area (Å²) < 4.78 is 23.8. The highest BCUT2D eigenvalue weighted by Crippen LogP contribution is 2.52. The van der Waals surface area contributed by atoms with Gasteiger partial charge in [-0.05, 0) is 37.5 Å². The first kappa shape index (κ1) is 27.8. The molecule has 7 heteroatoms. The van der Waals surface area contributed by atoms with Crippen LogP contribution in [0, 0.1) is 5.92 Å². The van der Waals surface area contributed by atoms with Gasteiger partial charge in [-0.1, -0.05) is 65.5 Å². The third-order valence-corrected chi connectivity index (χ3v) is 5.35. The molecule has 2 rings (SSSR count). The summed E-state index contributed by atoms with van der Waals surface area (Å²) in [5.74, 6) is -0.116. The first-order valence-electron chi connectivity index (χ1n) is 12.3. The van der Waals surface area contributed by atoms with Crippen molar-refractivity contribution in [1.29, 1.82) is 0 Å². The van der Waals surface area contributed by atoms with Gasteiger partial charge in [0.1, 0.15) is 0 Å². The molecule has 0 radical (unpaired) electrons. The van der Waals surface area contributed by atoms with Crippen LogP contribution in [0.4, 0.5) is 0 Å². The predicted octanol–water partition coefficient (Wildman–Crippen LogP) is 7.51. The molecule has 0 aliphatic carbocycles. The Kier molecular flexibility index (Phi) is 11.5. The van der Waals surface area contributed by atoms with E-state index in [1.165, 1.54) is 0 Å². The van der Waals surface area contributed by atoms with Crippen molar-refractivity contribution in [2.75, 3.05) is 13.2 Å². The summed E-state index contributed by atoms with van der Waals surface area (Å²) in [6, 6.07) is 5.12. The minimum atomic E-state index is -0.403. The number of hydrogen-bond donors (Lipinski definition) is 0. The van der Waals surface area contributed by atoms with Crippen LogP contribution in [0.3, 0.4) is 0 Å². The van der Waals surface area contributed by atoms with E-state index in [0.29, 0.717) is 35.4 Å². The van der Waals surface area contributed by atoms with Crippen molar-refractivity contribution in [2.45, 2.75) is 79.6 Å². The summed E-state index contributed by atoms with van der Waals surface area (Å²) in [5.41, 5.74) is 0. The number of fused-ring (bicyclic) bond motifs is 1. The SMILES string of the molecule is CCCCCCC(=O)Oc1c(OCCC)c(OCCC)c(OC(=O)C(C)C)c2ccc(Cl)cc12. The van der Waals surface area contributed by atoms with Crippen LogP contribution in [-0.4, -0.2) is 25.2 Å². The molecule has 0 heterocycles. The molecule has 0 aliphatic rings. The van der Waals surface area contributed by atoms with E-state index in [-0.39, 0.29) is 34.9 Å². The van der Waals surface area contributed by atoms with Gasteiger partial charge in [0.2, 0.25) is 11.5 Å². The molecule has 2 aromatic carbocycles. The van der Waals surface area contributed by atoms with E-state index < -0.39 is 5.97 Å². The minimum absolute atomic E-state index is 0.238. The Balaban J connectivity index is 2.68. The topological polar surface area (TPSA) is 71.1 Å². The van der Waals surface area contributed by atoms with Gasteiger partial charge in [0, 0.05) is 22.2 Å². The van der Waals surface area contributed by atoms with Gasteiger partial charge in [-0.25, -0.2) is 0 Å². The molecule has 0 saturated carbocycles. The van der Waals surface area contributed by atoms with E-state index in [9.17, 15) is 9.59 Å². The lowest BCUT2D eigenvalue weighted by molar-refractivity contribution is -0.138. The number of benzene rings is 2. The molecule has 0 bridgehead atoms. The fourth-order valence-corrected chi connectivity index (χ4v) is 3.48. The molecule has 0 spiro atoms. The second-order valence-electron chi connectivity index (χ2n) is 8.56. The van der Waals surface area contributed by atoms with Crippen molar-refractivity contribution in [3.8, 4) is 23.0 Å². The van der Waals surface area contributed by atoms with Gasteiger partial charge < -0.3 is 18.9 Å². The van der Waals surface area contributed by atoms with Crippen molar-refractivity contribution in [2.24, 2.45) is 5.92 Å². The van der Waals surface area contributed by atoms with E-state index in [1.54, 1.807) is 32.0 Å². The van der Waals surface area contributed by atoms with Crippen LogP contribution in [0.1, 0.15) is 79.6 Å². The fourth-order valence-electron chi connectivity index (χ4n) is 3.31. The first-order valence-corrected chi connectivity index (χ1v) is 12.7. The summed E-state index contributed by atoms with van der Waals surface area (Å²) in [5, 5.41) is 1.54. The molecule has 0 saturated heterocycles. The molecule has 6 nitrogen and oxygen atoms in total. The highest BCUT2D eigenvalue weighted by Gasteiger charge is 2.28. The van der Waals surface area contributed by atoms with Gasteiger partial charge in [-0.2, -0.15) is 0 Å². The normalized spacial score (nSPS) is 11.0. The van der Waals surface area contributed by atoms with Crippen molar-refractivity contribution in [3.63, 3.8) is 0 Å². The Morgan fingerprint density at radius 2 is 1.41 bits per heavy atom. The van der Waals surface area contributed by atoms with Gasteiger partial charge in [-0.3, -0.25) is 9.59 Å². The molecule has 188 valence electrons. The molecule has 0 atom stereocenters. The molecule has 0 amide bonds. The van der Waals surface area contributed by atoms with Crippen LogP contribution in [0.15, 0.2) is 18.2 Å². The first-order chi connectivity index (χ1) is 16.3. The highest BCUT2D eigenvalue weighted by molar-refractivity contribution is 6.31. The van der Waals surface area contributed by atoms with Gasteiger partial charge in [0.25, 0.3) is 0 Å². The lowest BCUT2D eigenvalue weighted by atomic mass is 10.1. The Hall–Kier alpha value is -2.47. The van der Waals surface area contributed by atoms with E-state index in [2.05, 4.69) is 6.92 Å². The van der Waals surface area contributed by atoms with Crippen LogP contribution in [0.2, 0.25) is 5.02 Å². The number of ether oxygens (including phenoxy) is 4. The lowest BCUT2D eigenvalue weighted by Crippen LogP contribution is -2.17. The highest BCUT2D eigenvalue weighted by atomic mass is 35.5. The molecular formula is C27H37ClO6. The van der Waals surface area contributed by atoms with E-state index in [1.807, 2.05) is 13.8 Å². The third kappa shape index (κ3) is 7.52. The monoisotopic (exact) mass is 492 g/mol. The summed E-state index contributed by atoms with van der Waals surface area (Å²) in [7, 11) is 0. The quantitative estimate of drug-likeness (QED) is 0.154. The largest absolute Gasteiger partial charge is 0.486 e. The Morgan fingerprint density at radius 1 is 0.794 bits per heavy atom. The smallest absolute Gasteiger partial charge is 0.313 e. The number of unbranched alkanes of at least 4 members (excludes halogenated alkanes) is 3. The minimum Gasteiger partial charge on any atom is -0.486 e. The van der Waals surface area contributed by atoms with E-state index in [4.69, 9.17) is 30.5 Å². The van der Waals surface area contributed by atoms with Crippen molar-refractivity contribution in [3.05, 3.63) is 23.2 Å². The van der Waals surface area contributed by atoms with Crippen LogP contribution in [-0.2, 0) is 9.59 Å². The lowest BCUT2D eigenvalue weighted by Gasteiger charge is -2.22. The molecule has 0 aliphatic heterocycles. The zero-order valence-electron chi connectivity index (χ0n) is 21.0. The molecule has 0 unspecified atom stereocenters. The third-order valence-electron chi connectivity index (χ3n) is 5.12. The number of carbonyl (C=O) groups excluding carboxylic acids is 2. The molecule has 34 heavy (non-hydrogen) atoms. The summed E-state index contributed by atoms with van der Waals surface area (Å²) in [6.07, 6.45) is 5.63. The maximum absolute atomic E-state index is 12.8. The predicted molar refractivity (Wildman–Crippen MR) is 135 cm³/mol. The number of esters is 2. The maximum Gasteiger partial charge on any atom is 0.313 e. The Labute approximate surface area is 207 Å². The number of rotatable bonds is 14. The van der Waals surface area contributed by atoms with E-state index >= 15 is 0 Å². The summed E-state index contributed by atoms with van der Waals surface area (Å²) in [4.78, 5) is 25.3. The summed E-state index contributed by atoms with van der Waals surface area (Å²) in [6.45, 7) is 10.3. The maximum atomic E-state index is 12.8. The molecule has 0 aromatic heterocycles. The number of halogens is 1. The number of carbonyl (C=O) groups is 2. The average molecular weight is 493 g/mol. The molecule has 2 aromatic rings. The second kappa shape index (κ2) is 14.1. The average Bonchev–Trinajstić information content (AvgIpc) is 2.81. The second-order valence-corrected chi connectivity index (χ2v) is 9.00.